The maximum atomic E-state index is 13.3. The molecule has 11 heteroatoms. The number of rotatable bonds is 10. The fraction of sp³-hybridized carbons (Fsp3) is 0.483. The molecule has 40 heavy (non-hydrogen) atoms. The lowest BCUT2D eigenvalue weighted by Crippen LogP contribution is -2.54. The summed E-state index contributed by atoms with van der Waals surface area (Å²) in [4.78, 5) is 39.8. The number of aliphatic hydroxyl groups is 1. The largest absolute Gasteiger partial charge is 0.444 e. The normalized spacial score (nSPS) is 20.9. The molecule has 0 spiro atoms. The number of carbonyl (C=O) groups is 3. The van der Waals surface area contributed by atoms with Gasteiger partial charge in [-0.1, -0.05) is 49.2 Å². The minimum absolute atomic E-state index is 0.0294. The molecule has 2 aliphatic rings. The van der Waals surface area contributed by atoms with Gasteiger partial charge in [0.05, 0.1) is 6.61 Å². The van der Waals surface area contributed by atoms with Crippen molar-refractivity contribution in [2.75, 3.05) is 39.3 Å². The Morgan fingerprint density at radius 1 is 1.00 bits per heavy atom. The molecule has 216 valence electrons. The number of hydrazine groups is 1. The molecule has 10 nitrogen and oxygen atoms in total. The molecule has 0 radical (unpaired) electrons. The zero-order valence-corrected chi connectivity index (χ0v) is 22.6. The number of hydrogen-bond acceptors (Lipinski definition) is 7. The highest BCUT2D eigenvalue weighted by atomic mass is 19.1. The first-order valence-electron chi connectivity index (χ1n) is 13.8. The predicted octanol–water partition coefficient (Wildman–Crippen LogP) is 2.19. The number of benzene rings is 2. The van der Waals surface area contributed by atoms with Crippen LogP contribution in [0.25, 0.3) is 0 Å². The van der Waals surface area contributed by atoms with E-state index < -0.39 is 23.9 Å². The number of carbonyl (C=O) groups excluding carboxylic acids is 3. The third-order valence-corrected chi connectivity index (χ3v) is 7.69. The summed E-state index contributed by atoms with van der Waals surface area (Å²) in [7, 11) is 0. The molecular formula is C29H38FN5O5. The van der Waals surface area contributed by atoms with Crippen LogP contribution in [0.5, 0.6) is 0 Å². The second kappa shape index (κ2) is 14.2. The standard InChI is InChI=1S/C29H38FN5O5/c30-23-11-9-22(10-12-23)26(27(31)37)32-28(38)25-4-2-1-3-24(25)21-7-5-20(6-8-21)19-40-29(39)33-35-15-13-34(14-16-35)17-18-36/h5-12,24-26,36H,1-4,13-19H2,(H2,31,37)(H,32,38)(H,33,39)/t24-,25+,26-/m0/s1. The summed E-state index contributed by atoms with van der Waals surface area (Å²) >= 11 is 0. The van der Waals surface area contributed by atoms with Crippen molar-refractivity contribution in [3.8, 4) is 0 Å². The van der Waals surface area contributed by atoms with Gasteiger partial charge >= 0.3 is 6.09 Å². The molecule has 2 aromatic carbocycles. The molecule has 0 bridgehead atoms. The van der Waals surface area contributed by atoms with Gasteiger partial charge in [0.15, 0.2) is 0 Å². The summed E-state index contributed by atoms with van der Waals surface area (Å²) < 4.78 is 18.7. The number of piperazine rings is 1. The molecule has 3 atom stereocenters. The lowest BCUT2D eigenvalue weighted by atomic mass is 9.74. The number of nitrogens with two attached hydrogens (primary N) is 1. The molecule has 4 rings (SSSR count). The van der Waals surface area contributed by atoms with Gasteiger partial charge in [0, 0.05) is 38.6 Å². The first-order chi connectivity index (χ1) is 19.3. The summed E-state index contributed by atoms with van der Waals surface area (Å²) in [5.41, 5.74) is 10.6. The van der Waals surface area contributed by atoms with Crippen LogP contribution in [-0.2, 0) is 20.9 Å². The summed E-state index contributed by atoms with van der Waals surface area (Å²) in [5.74, 6) is -1.75. The molecule has 0 unspecified atom stereocenters. The average Bonchev–Trinajstić information content (AvgIpc) is 2.96. The highest BCUT2D eigenvalue weighted by Gasteiger charge is 2.34. The molecular weight excluding hydrogens is 517 g/mol. The van der Waals surface area contributed by atoms with Gasteiger partial charge in [0.1, 0.15) is 18.5 Å². The van der Waals surface area contributed by atoms with Crippen LogP contribution in [0.3, 0.4) is 0 Å². The fourth-order valence-electron chi connectivity index (χ4n) is 5.46. The lowest BCUT2D eigenvalue weighted by Gasteiger charge is -2.33. The summed E-state index contributed by atoms with van der Waals surface area (Å²) in [6.07, 6.45) is 2.90. The highest BCUT2D eigenvalue weighted by Crippen LogP contribution is 2.38. The lowest BCUT2D eigenvalue weighted by molar-refractivity contribution is -0.131. The van der Waals surface area contributed by atoms with Crippen LogP contribution in [0.4, 0.5) is 9.18 Å². The number of hydrogen-bond donors (Lipinski definition) is 4. The van der Waals surface area contributed by atoms with Crippen molar-refractivity contribution < 1.29 is 28.6 Å². The molecule has 2 aromatic rings. The summed E-state index contributed by atoms with van der Waals surface area (Å²) in [6, 6.07) is 12.0. The molecule has 5 N–H and O–H groups in total. The highest BCUT2D eigenvalue weighted by molar-refractivity contribution is 5.89. The van der Waals surface area contributed by atoms with Gasteiger partial charge in [-0.05, 0) is 47.6 Å². The number of primary amides is 1. The van der Waals surface area contributed by atoms with Gasteiger partial charge in [-0.15, -0.1) is 0 Å². The number of nitrogens with zero attached hydrogens (tertiary/aromatic N) is 2. The van der Waals surface area contributed by atoms with E-state index >= 15 is 0 Å². The van der Waals surface area contributed by atoms with Crippen molar-refractivity contribution in [3.05, 3.63) is 71.0 Å². The third-order valence-electron chi connectivity index (χ3n) is 7.69. The maximum absolute atomic E-state index is 13.3. The summed E-state index contributed by atoms with van der Waals surface area (Å²) in [5, 5.41) is 13.6. The van der Waals surface area contributed by atoms with Crippen molar-refractivity contribution in [3.63, 3.8) is 0 Å². The van der Waals surface area contributed by atoms with Crippen LogP contribution in [0.2, 0.25) is 0 Å². The van der Waals surface area contributed by atoms with E-state index in [1.807, 2.05) is 29.3 Å². The Kier molecular flexibility index (Phi) is 10.5. The first kappa shape index (κ1) is 29.4. The van der Waals surface area contributed by atoms with Gasteiger partial charge in [0.25, 0.3) is 0 Å². The Hall–Kier alpha value is -3.54. The monoisotopic (exact) mass is 555 g/mol. The molecule has 1 saturated heterocycles. The van der Waals surface area contributed by atoms with Gasteiger partial charge in [0.2, 0.25) is 11.8 Å². The van der Waals surface area contributed by atoms with Crippen molar-refractivity contribution in [2.45, 2.75) is 44.2 Å². The minimum Gasteiger partial charge on any atom is -0.444 e. The van der Waals surface area contributed by atoms with Crippen LogP contribution in [0.15, 0.2) is 48.5 Å². The SMILES string of the molecule is NC(=O)[C@@H](NC(=O)[C@@H]1CCCC[C@H]1c1ccc(COC(=O)NN2CCN(CCO)CC2)cc1)c1ccc(F)cc1. The Morgan fingerprint density at radius 2 is 1.68 bits per heavy atom. The van der Waals surface area contributed by atoms with Crippen LogP contribution in [0, 0.1) is 11.7 Å². The predicted molar refractivity (Wildman–Crippen MR) is 146 cm³/mol. The van der Waals surface area contributed by atoms with Crippen molar-refractivity contribution in [2.24, 2.45) is 11.7 Å². The second-order valence-corrected chi connectivity index (χ2v) is 10.4. The Bertz CT molecular complexity index is 1140. The molecule has 1 aliphatic carbocycles. The van der Waals surface area contributed by atoms with E-state index in [1.54, 1.807) is 0 Å². The average molecular weight is 556 g/mol. The Morgan fingerprint density at radius 3 is 2.33 bits per heavy atom. The molecule has 1 saturated carbocycles. The number of aliphatic hydroxyl groups excluding tert-OH is 1. The van der Waals surface area contributed by atoms with E-state index in [1.165, 1.54) is 24.3 Å². The third kappa shape index (κ3) is 8.00. The zero-order chi connectivity index (χ0) is 28.5. The van der Waals surface area contributed by atoms with Crippen LogP contribution in [-0.4, -0.2) is 72.3 Å². The van der Waals surface area contributed by atoms with E-state index in [-0.39, 0.29) is 31.0 Å². The molecule has 3 amide bonds. The maximum Gasteiger partial charge on any atom is 0.422 e. The van der Waals surface area contributed by atoms with Gasteiger partial charge in [-0.25, -0.2) is 14.2 Å². The minimum atomic E-state index is -1.04. The van der Waals surface area contributed by atoms with Crippen molar-refractivity contribution in [1.29, 1.82) is 0 Å². The van der Waals surface area contributed by atoms with Crippen molar-refractivity contribution in [1.82, 2.24) is 20.7 Å². The Labute approximate surface area is 233 Å². The number of amides is 3. The molecule has 1 heterocycles. The van der Waals surface area contributed by atoms with E-state index in [0.29, 0.717) is 31.6 Å². The van der Waals surface area contributed by atoms with Gasteiger partial charge < -0.3 is 20.9 Å². The van der Waals surface area contributed by atoms with E-state index in [0.717, 1.165) is 43.5 Å². The van der Waals surface area contributed by atoms with Crippen LogP contribution >= 0.6 is 0 Å². The first-order valence-corrected chi connectivity index (χ1v) is 13.8. The van der Waals surface area contributed by atoms with E-state index in [2.05, 4.69) is 15.6 Å². The fourth-order valence-corrected chi connectivity index (χ4v) is 5.46. The molecule has 2 fully saturated rings. The van der Waals surface area contributed by atoms with Crippen molar-refractivity contribution >= 4 is 17.9 Å². The Balaban J connectivity index is 1.31. The second-order valence-electron chi connectivity index (χ2n) is 10.4. The molecule has 0 aromatic heterocycles. The molecule has 1 aliphatic heterocycles. The van der Waals surface area contributed by atoms with E-state index in [4.69, 9.17) is 15.6 Å². The van der Waals surface area contributed by atoms with Crippen LogP contribution < -0.4 is 16.5 Å². The zero-order valence-electron chi connectivity index (χ0n) is 22.6. The smallest absolute Gasteiger partial charge is 0.422 e. The quantitative estimate of drug-likeness (QED) is 0.353. The van der Waals surface area contributed by atoms with Gasteiger partial charge in [-0.2, -0.15) is 0 Å². The van der Waals surface area contributed by atoms with E-state index in [9.17, 15) is 18.8 Å². The van der Waals surface area contributed by atoms with Gasteiger partial charge in [-0.3, -0.25) is 19.9 Å². The van der Waals surface area contributed by atoms with Crippen LogP contribution in [0.1, 0.15) is 54.3 Å². The number of halogens is 1. The number of ether oxygens (including phenoxy) is 1. The topological polar surface area (TPSA) is 137 Å². The number of β-amino-alcohol motifs (C(OH)–C–C–N with tert-alkyl or cyclic N) is 1. The summed E-state index contributed by atoms with van der Waals surface area (Å²) in [6.45, 7) is 3.70. The number of nitrogens with one attached hydrogen (secondary N) is 2.